The number of para-hydroxylation sites is 1. The molecule has 0 atom stereocenters. The minimum Gasteiger partial charge on any atom is -0.355 e. The fourth-order valence-electron chi connectivity index (χ4n) is 1.69. The number of halogens is 3. The predicted molar refractivity (Wildman–Crippen MR) is 62.0 cm³/mol. The van der Waals surface area contributed by atoms with Gasteiger partial charge in [0.25, 0.3) is 5.91 Å². The van der Waals surface area contributed by atoms with Gasteiger partial charge in [0.15, 0.2) is 5.69 Å². The molecule has 0 fully saturated rings. The number of benzene rings is 1. The third-order valence-corrected chi connectivity index (χ3v) is 2.51. The molecule has 4 nitrogen and oxygen atoms in total. The van der Waals surface area contributed by atoms with E-state index in [0.29, 0.717) is 4.68 Å². The van der Waals surface area contributed by atoms with Gasteiger partial charge in [-0.15, -0.1) is 0 Å². The molecule has 0 unspecified atom stereocenters. The monoisotopic (exact) mass is 269 g/mol. The lowest BCUT2D eigenvalue weighted by molar-refractivity contribution is -0.143. The van der Waals surface area contributed by atoms with Crippen LogP contribution in [-0.2, 0) is 6.18 Å². The van der Waals surface area contributed by atoms with Crippen LogP contribution in [0.5, 0.6) is 0 Å². The number of nitrogens with one attached hydrogen (secondary N) is 1. The first-order valence-corrected chi connectivity index (χ1v) is 5.38. The summed E-state index contributed by atoms with van der Waals surface area (Å²) in [7, 11) is 1.27. The van der Waals surface area contributed by atoms with Crippen molar-refractivity contribution < 1.29 is 18.0 Å². The summed E-state index contributed by atoms with van der Waals surface area (Å²) in [5, 5.41) is 5.82. The van der Waals surface area contributed by atoms with Crippen LogP contribution < -0.4 is 5.32 Å². The van der Waals surface area contributed by atoms with Gasteiger partial charge in [-0.3, -0.25) is 4.79 Å². The van der Waals surface area contributed by atoms with Crippen molar-refractivity contribution in [3.05, 3.63) is 47.8 Å². The maximum atomic E-state index is 13.1. The second kappa shape index (κ2) is 4.75. The van der Waals surface area contributed by atoms with E-state index in [-0.39, 0.29) is 5.69 Å². The zero-order valence-corrected chi connectivity index (χ0v) is 9.90. The highest BCUT2D eigenvalue weighted by atomic mass is 19.4. The summed E-state index contributed by atoms with van der Waals surface area (Å²) in [6.07, 6.45) is -3.76. The zero-order chi connectivity index (χ0) is 14.0. The molecule has 7 heteroatoms. The van der Waals surface area contributed by atoms with Gasteiger partial charge in [-0.1, -0.05) is 18.2 Å². The number of rotatable bonds is 2. The molecule has 19 heavy (non-hydrogen) atoms. The van der Waals surface area contributed by atoms with Crippen LogP contribution in [0, 0.1) is 0 Å². The molecule has 100 valence electrons. The molecule has 0 aliphatic heterocycles. The molecule has 1 heterocycles. The molecule has 2 rings (SSSR count). The molecule has 0 saturated heterocycles. The number of amides is 1. The maximum absolute atomic E-state index is 13.1. The molecule has 0 saturated carbocycles. The molecular formula is C12H10F3N3O. The van der Waals surface area contributed by atoms with Crippen molar-refractivity contribution in [2.45, 2.75) is 6.18 Å². The second-order valence-electron chi connectivity index (χ2n) is 3.73. The van der Waals surface area contributed by atoms with Gasteiger partial charge >= 0.3 is 6.18 Å². The van der Waals surface area contributed by atoms with E-state index < -0.39 is 23.3 Å². The van der Waals surface area contributed by atoms with Gasteiger partial charge in [0.2, 0.25) is 0 Å². The molecule has 1 amide bonds. The van der Waals surface area contributed by atoms with E-state index in [1.807, 2.05) is 0 Å². The molecule has 2 aromatic rings. The summed E-state index contributed by atoms with van der Waals surface area (Å²) < 4.78 is 40.0. The number of hydrogen-bond acceptors (Lipinski definition) is 2. The quantitative estimate of drug-likeness (QED) is 0.909. The van der Waals surface area contributed by atoms with Crippen molar-refractivity contribution >= 4 is 5.91 Å². The van der Waals surface area contributed by atoms with Crippen LogP contribution in [-0.4, -0.2) is 22.7 Å². The van der Waals surface area contributed by atoms with Gasteiger partial charge in [-0.2, -0.15) is 18.3 Å². The van der Waals surface area contributed by atoms with Crippen LogP contribution in [0.2, 0.25) is 0 Å². The summed E-state index contributed by atoms with van der Waals surface area (Å²) >= 11 is 0. The Morgan fingerprint density at radius 3 is 2.42 bits per heavy atom. The minimum absolute atomic E-state index is 0.241. The SMILES string of the molecule is CNC(=O)c1cnn(-c2ccccc2)c1C(F)(F)F. The molecule has 1 aromatic carbocycles. The third-order valence-electron chi connectivity index (χ3n) is 2.51. The topological polar surface area (TPSA) is 46.9 Å². The van der Waals surface area contributed by atoms with Crippen molar-refractivity contribution in [2.75, 3.05) is 7.05 Å². The van der Waals surface area contributed by atoms with E-state index in [2.05, 4.69) is 10.4 Å². The van der Waals surface area contributed by atoms with Crippen LogP contribution in [0.4, 0.5) is 13.2 Å². The molecule has 0 aliphatic carbocycles. The smallest absolute Gasteiger partial charge is 0.355 e. The Bertz CT molecular complexity index is 590. The molecule has 1 aromatic heterocycles. The van der Waals surface area contributed by atoms with Crippen molar-refractivity contribution in [2.24, 2.45) is 0 Å². The van der Waals surface area contributed by atoms with E-state index in [4.69, 9.17) is 0 Å². The number of carbonyl (C=O) groups excluding carboxylic acids is 1. The maximum Gasteiger partial charge on any atom is 0.434 e. The number of carbonyl (C=O) groups is 1. The van der Waals surface area contributed by atoms with Gasteiger partial charge in [-0.25, -0.2) is 4.68 Å². The van der Waals surface area contributed by atoms with E-state index in [9.17, 15) is 18.0 Å². The van der Waals surface area contributed by atoms with Crippen molar-refractivity contribution in [1.29, 1.82) is 0 Å². The first-order chi connectivity index (χ1) is 8.95. The van der Waals surface area contributed by atoms with Crippen molar-refractivity contribution in [3.8, 4) is 5.69 Å². The number of alkyl halides is 3. The van der Waals surface area contributed by atoms with Crippen LogP contribution in [0.3, 0.4) is 0 Å². The van der Waals surface area contributed by atoms with Gasteiger partial charge in [-0.05, 0) is 12.1 Å². The highest BCUT2D eigenvalue weighted by molar-refractivity contribution is 5.95. The first-order valence-electron chi connectivity index (χ1n) is 5.38. The summed E-state index contributed by atoms with van der Waals surface area (Å²) in [6.45, 7) is 0. The van der Waals surface area contributed by atoms with Crippen LogP contribution in [0.15, 0.2) is 36.5 Å². The Morgan fingerprint density at radius 1 is 1.26 bits per heavy atom. The Kier molecular flexibility index (Phi) is 3.28. The van der Waals surface area contributed by atoms with Crippen LogP contribution in [0.25, 0.3) is 5.69 Å². The van der Waals surface area contributed by atoms with Gasteiger partial charge < -0.3 is 5.32 Å². The van der Waals surface area contributed by atoms with Crippen LogP contribution in [0.1, 0.15) is 16.1 Å². The van der Waals surface area contributed by atoms with Crippen molar-refractivity contribution in [3.63, 3.8) is 0 Å². The normalized spacial score (nSPS) is 11.4. The van der Waals surface area contributed by atoms with E-state index in [0.717, 1.165) is 6.20 Å². The molecule has 0 spiro atoms. The fraction of sp³-hybridized carbons (Fsp3) is 0.167. The first kappa shape index (κ1) is 13.1. The number of nitrogens with zero attached hydrogens (tertiary/aromatic N) is 2. The summed E-state index contributed by atoms with van der Waals surface area (Å²) in [5.74, 6) is -0.825. The lowest BCUT2D eigenvalue weighted by Crippen LogP contribution is -2.23. The molecular weight excluding hydrogens is 259 g/mol. The Hall–Kier alpha value is -2.31. The molecule has 0 bridgehead atoms. The average Bonchev–Trinajstić information content (AvgIpc) is 2.83. The van der Waals surface area contributed by atoms with Crippen LogP contribution >= 0.6 is 0 Å². The van der Waals surface area contributed by atoms with Gasteiger partial charge in [0.1, 0.15) is 0 Å². The van der Waals surface area contributed by atoms with E-state index >= 15 is 0 Å². The Labute approximate surface area is 106 Å². The largest absolute Gasteiger partial charge is 0.434 e. The highest BCUT2D eigenvalue weighted by Crippen LogP contribution is 2.33. The second-order valence-corrected chi connectivity index (χ2v) is 3.73. The minimum atomic E-state index is -4.67. The average molecular weight is 269 g/mol. The fourth-order valence-corrected chi connectivity index (χ4v) is 1.69. The van der Waals surface area contributed by atoms with Crippen molar-refractivity contribution in [1.82, 2.24) is 15.1 Å². The summed E-state index contributed by atoms with van der Waals surface area (Å²) in [5.41, 5.74) is -1.35. The number of hydrogen-bond donors (Lipinski definition) is 1. The lowest BCUT2D eigenvalue weighted by Gasteiger charge is -2.12. The zero-order valence-electron chi connectivity index (χ0n) is 9.90. The van der Waals surface area contributed by atoms with Gasteiger partial charge in [0.05, 0.1) is 17.4 Å². The Balaban J connectivity index is 2.64. The predicted octanol–water partition coefficient (Wildman–Crippen LogP) is 2.25. The molecule has 0 aliphatic rings. The summed E-state index contributed by atoms with van der Waals surface area (Å²) in [6, 6.07) is 7.83. The Morgan fingerprint density at radius 2 is 1.89 bits per heavy atom. The number of aromatic nitrogens is 2. The standard InChI is InChI=1S/C12H10F3N3O/c1-16-11(19)9-7-17-18(10(9)12(13,14)15)8-5-3-2-4-6-8/h2-7H,1H3,(H,16,19). The third kappa shape index (κ3) is 2.44. The van der Waals surface area contributed by atoms with E-state index in [1.54, 1.807) is 18.2 Å². The molecule has 1 N–H and O–H groups in total. The lowest BCUT2D eigenvalue weighted by atomic mass is 10.2. The highest BCUT2D eigenvalue weighted by Gasteiger charge is 2.40. The summed E-state index contributed by atoms with van der Waals surface area (Å²) in [4.78, 5) is 11.5. The van der Waals surface area contributed by atoms with Gasteiger partial charge in [0, 0.05) is 7.05 Å². The molecule has 0 radical (unpaired) electrons. The van der Waals surface area contributed by atoms with E-state index in [1.165, 1.54) is 19.2 Å².